The second-order valence-corrected chi connectivity index (χ2v) is 8.37. The van der Waals surface area contributed by atoms with Gasteiger partial charge in [-0.15, -0.1) is 0 Å². The van der Waals surface area contributed by atoms with Crippen molar-refractivity contribution in [3.63, 3.8) is 0 Å². The Bertz CT molecular complexity index is 656. The predicted molar refractivity (Wildman–Crippen MR) is 97.6 cm³/mol. The number of carbonyl (C=O) groups excluding carboxylic acids is 1. The molecule has 2 N–H and O–H groups in total. The van der Waals surface area contributed by atoms with E-state index in [2.05, 4.69) is 10.6 Å². The fourth-order valence-electron chi connectivity index (χ4n) is 5.62. The number of urea groups is 1. The Hall–Kier alpha value is -1.62. The molecule has 4 fully saturated rings. The van der Waals surface area contributed by atoms with Crippen molar-refractivity contribution in [1.82, 2.24) is 5.32 Å². The van der Waals surface area contributed by atoms with E-state index in [1.54, 1.807) is 26.4 Å². The molecule has 5 rings (SSSR count). The summed E-state index contributed by atoms with van der Waals surface area (Å²) in [4.78, 5) is 12.7. The maximum atomic E-state index is 12.7. The maximum absolute atomic E-state index is 12.7. The molecule has 0 heterocycles. The standard InChI is InChI=1S/C19H25ClN2O3/c1-24-16-7-15(17(25-2)6-14(16)20)21-18(23)22-19-8-11-3-12(9-19)5-13(4-11)10-19/h6-7,11-13H,3-5,8-10H2,1-2H3,(H2,21,22,23). The van der Waals surface area contributed by atoms with E-state index in [1.807, 2.05) is 0 Å². The van der Waals surface area contributed by atoms with E-state index in [1.165, 1.54) is 19.3 Å². The molecule has 0 radical (unpaired) electrons. The lowest BCUT2D eigenvalue weighted by molar-refractivity contribution is -0.0127. The Morgan fingerprint density at radius 1 is 1.04 bits per heavy atom. The van der Waals surface area contributed by atoms with Crippen LogP contribution in [0.15, 0.2) is 12.1 Å². The molecule has 0 unspecified atom stereocenters. The number of benzene rings is 1. The molecule has 4 aliphatic rings. The van der Waals surface area contributed by atoms with E-state index < -0.39 is 0 Å². The number of rotatable bonds is 4. The van der Waals surface area contributed by atoms with Crippen LogP contribution < -0.4 is 20.1 Å². The van der Waals surface area contributed by atoms with Crippen molar-refractivity contribution in [2.24, 2.45) is 17.8 Å². The Morgan fingerprint density at radius 3 is 2.12 bits per heavy atom. The van der Waals surface area contributed by atoms with Gasteiger partial charge in [0.1, 0.15) is 11.5 Å². The number of halogens is 1. The normalized spacial score (nSPS) is 32.4. The van der Waals surface area contributed by atoms with Gasteiger partial charge in [0.15, 0.2) is 0 Å². The first-order valence-electron chi connectivity index (χ1n) is 9.01. The summed E-state index contributed by atoms with van der Waals surface area (Å²) < 4.78 is 10.6. The largest absolute Gasteiger partial charge is 0.495 e. The van der Waals surface area contributed by atoms with Crippen molar-refractivity contribution >= 4 is 23.3 Å². The zero-order valence-electron chi connectivity index (χ0n) is 14.7. The smallest absolute Gasteiger partial charge is 0.319 e. The van der Waals surface area contributed by atoms with Gasteiger partial charge in [-0.2, -0.15) is 0 Å². The fraction of sp³-hybridized carbons (Fsp3) is 0.632. The molecular weight excluding hydrogens is 340 g/mol. The highest BCUT2D eigenvalue weighted by atomic mass is 35.5. The zero-order valence-corrected chi connectivity index (χ0v) is 15.5. The molecule has 4 aliphatic carbocycles. The van der Waals surface area contributed by atoms with Crippen LogP contribution in [0.3, 0.4) is 0 Å². The summed E-state index contributed by atoms with van der Waals surface area (Å²) in [6.07, 6.45) is 7.41. The van der Waals surface area contributed by atoms with Crippen LogP contribution in [0.2, 0.25) is 5.02 Å². The van der Waals surface area contributed by atoms with Crippen LogP contribution in [0, 0.1) is 17.8 Å². The first-order valence-corrected chi connectivity index (χ1v) is 9.39. The lowest BCUT2D eigenvalue weighted by Gasteiger charge is -2.56. The van der Waals surface area contributed by atoms with Crippen molar-refractivity contribution < 1.29 is 14.3 Å². The zero-order chi connectivity index (χ0) is 17.6. The number of anilines is 1. The topological polar surface area (TPSA) is 59.6 Å². The van der Waals surface area contributed by atoms with E-state index >= 15 is 0 Å². The molecule has 5 nitrogen and oxygen atoms in total. The minimum atomic E-state index is -0.176. The Balaban J connectivity index is 1.49. The van der Waals surface area contributed by atoms with E-state index in [-0.39, 0.29) is 11.6 Å². The van der Waals surface area contributed by atoms with Gasteiger partial charge >= 0.3 is 6.03 Å². The third kappa shape index (κ3) is 3.14. The van der Waals surface area contributed by atoms with Crippen LogP contribution in [0.5, 0.6) is 11.5 Å². The van der Waals surface area contributed by atoms with Gasteiger partial charge in [-0.05, 0) is 56.3 Å². The number of nitrogens with one attached hydrogen (secondary N) is 2. The average Bonchev–Trinajstić information content (AvgIpc) is 2.54. The Labute approximate surface area is 153 Å². The van der Waals surface area contributed by atoms with Crippen LogP contribution in [0.4, 0.5) is 10.5 Å². The second-order valence-electron chi connectivity index (χ2n) is 7.96. The number of hydrogen-bond donors (Lipinski definition) is 2. The van der Waals surface area contributed by atoms with Crippen molar-refractivity contribution in [2.45, 2.75) is 44.1 Å². The molecule has 0 aliphatic heterocycles. The van der Waals surface area contributed by atoms with Gasteiger partial charge in [-0.3, -0.25) is 0 Å². The lowest BCUT2D eigenvalue weighted by atomic mass is 9.53. The molecule has 2 amide bonds. The molecule has 0 saturated heterocycles. The molecule has 136 valence electrons. The first-order chi connectivity index (χ1) is 12.0. The van der Waals surface area contributed by atoms with Crippen LogP contribution in [-0.4, -0.2) is 25.8 Å². The number of amides is 2. The lowest BCUT2D eigenvalue weighted by Crippen LogP contribution is -2.60. The van der Waals surface area contributed by atoms with Crippen LogP contribution >= 0.6 is 11.6 Å². The molecule has 1 aromatic carbocycles. The van der Waals surface area contributed by atoms with Crippen LogP contribution in [0.25, 0.3) is 0 Å². The highest BCUT2D eigenvalue weighted by molar-refractivity contribution is 6.32. The minimum Gasteiger partial charge on any atom is -0.495 e. The van der Waals surface area contributed by atoms with E-state index in [9.17, 15) is 4.79 Å². The summed E-state index contributed by atoms with van der Waals surface area (Å²) in [5.74, 6) is 3.39. The third-order valence-corrected chi connectivity index (χ3v) is 6.43. The van der Waals surface area contributed by atoms with Crippen LogP contribution in [-0.2, 0) is 0 Å². The van der Waals surface area contributed by atoms with Gasteiger partial charge in [-0.1, -0.05) is 11.6 Å². The second kappa shape index (κ2) is 6.27. The van der Waals surface area contributed by atoms with Gasteiger partial charge in [-0.25, -0.2) is 4.79 Å². The molecule has 4 saturated carbocycles. The quantitative estimate of drug-likeness (QED) is 0.829. The van der Waals surface area contributed by atoms with Crippen LogP contribution in [0.1, 0.15) is 38.5 Å². The highest BCUT2D eigenvalue weighted by Crippen LogP contribution is 2.55. The van der Waals surface area contributed by atoms with Gasteiger partial charge < -0.3 is 20.1 Å². The van der Waals surface area contributed by atoms with Crippen molar-refractivity contribution in [3.05, 3.63) is 17.2 Å². The van der Waals surface area contributed by atoms with Gasteiger partial charge in [0.05, 0.1) is 24.9 Å². The molecule has 25 heavy (non-hydrogen) atoms. The van der Waals surface area contributed by atoms with Crippen molar-refractivity contribution in [1.29, 1.82) is 0 Å². The summed E-state index contributed by atoms with van der Waals surface area (Å²) in [6.45, 7) is 0. The van der Waals surface area contributed by atoms with Gasteiger partial charge in [0.25, 0.3) is 0 Å². The monoisotopic (exact) mass is 364 g/mol. The predicted octanol–water partition coefficient (Wildman–Crippen LogP) is 4.45. The summed E-state index contributed by atoms with van der Waals surface area (Å²) in [7, 11) is 3.10. The molecule has 0 spiro atoms. The number of methoxy groups -OCH3 is 2. The van der Waals surface area contributed by atoms with E-state index in [4.69, 9.17) is 21.1 Å². The average molecular weight is 365 g/mol. The van der Waals surface area contributed by atoms with Crippen molar-refractivity contribution in [3.8, 4) is 11.5 Å². The molecule has 0 aromatic heterocycles. The molecule has 4 bridgehead atoms. The number of ether oxygens (including phenoxy) is 2. The van der Waals surface area contributed by atoms with Gasteiger partial charge in [0.2, 0.25) is 0 Å². The van der Waals surface area contributed by atoms with E-state index in [0.29, 0.717) is 22.2 Å². The third-order valence-electron chi connectivity index (χ3n) is 6.14. The number of carbonyl (C=O) groups is 1. The number of hydrogen-bond acceptors (Lipinski definition) is 3. The summed E-state index contributed by atoms with van der Waals surface area (Å²) >= 11 is 6.13. The maximum Gasteiger partial charge on any atom is 0.319 e. The SMILES string of the molecule is COc1cc(NC(=O)NC23CC4CC(CC(C4)C2)C3)c(OC)cc1Cl. The molecule has 6 heteroatoms. The van der Waals surface area contributed by atoms with Crippen molar-refractivity contribution in [2.75, 3.05) is 19.5 Å². The molecule has 1 aromatic rings. The highest BCUT2D eigenvalue weighted by Gasteiger charge is 2.51. The fourth-order valence-corrected chi connectivity index (χ4v) is 5.85. The minimum absolute atomic E-state index is 0.0252. The molecular formula is C19H25ClN2O3. The summed E-state index contributed by atoms with van der Waals surface area (Å²) in [6, 6.07) is 3.17. The van der Waals surface area contributed by atoms with Gasteiger partial charge in [0, 0.05) is 17.7 Å². The summed E-state index contributed by atoms with van der Waals surface area (Å²) in [5, 5.41) is 6.67. The molecule has 0 atom stereocenters. The Kier molecular flexibility index (Phi) is 4.22. The Morgan fingerprint density at radius 2 is 1.60 bits per heavy atom. The summed E-state index contributed by atoms with van der Waals surface area (Å²) in [5.41, 5.74) is 0.536. The first kappa shape index (κ1) is 16.8. The van der Waals surface area contributed by atoms with E-state index in [0.717, 1.165) is 37.0 Å².